The van der Waals surface area contributed by atoms with Crippen molar-refractivity contribution in [2.24, 2.45) is 4.99 Å². The molecule has 0 aliphatic carbocycles. The molecule has 0 saturated carbocycles. The first-order chi connectivity index (χ1) is 14.6. The van der Waals surface area contributed by atoms with Crippen LogP contribution in [0, 0.1) is 0 Å². The van der Waals surface area contributed by atoms with Gasteiger partial charge in [0, 0.05) is 26.7 Å². The van der Waals surface area contributed by atoms with Crippen molar-refractivity contribution in [2.75, 3.05) is 26.7 Å². The predicted octanol–water partition coefficient (Wildman–Crippen LogP) is 4.41. The number of nitrogens with zero attached hydrogens (tertiary/aromatic N) is 2. The Kier molecular flexibility index (Phi) is 11.0. The summed E-state index contributed by atoms with van der Waals surface area (Å²) in [6.07, 6.45) is 0.131. The van der Waals surface area contributed by atoms with Crippen LogP contribution in [0.2, 0.25) is 0 Å². The summed E-state index contributed by atoms with van der Waals surface area (Å²) >= 11 is 0. The molecule has 0 atom stereocenters. The maximum absolute atomic E-state index is 12.3. The van der Waals surface area contributed by atoms with E-state index in [-0.39, 0.29) is 24.0 Å². The Morgan fingerprint density at radius 3 is 2.29 bits per heavy atom. The van der Waals surface area contributed by atoms with E-state index in [1.54, 1.807) is 25.2 Å². The summed E-state index contributed by atoms with van der Waals surface area (Å²) in [5.74, 6) is 1.11. The van der Waals surface area contributed by atoms with Gasteiger partial charge in [0.05, 0.1) is 0 Å². The quantitative estimate of drug-likeness (QED) is 0.279. The second-order valence-corrected chi connectivity index (χ2v) is 7.43. The summed E-state index contributed by atoms with van der Waals surface area (Å²) in [4.78, 5) is 6.74. The fraction of sp³-hybridized carbons (Fsp3) is 0.435. The number of guanidine groups is 1. The molecule has 5 nitrogen and oxygen atoms in total. The number of nitrogens with one attached hydrogen (secondary N) is 2. The first kappa shape index (κ1) is 25.3. The molecule has 0 unspecified atom stereocenters. The van der Waals surface area contributed by atoms with Crippen LogP contribution in [0.5, 0.6) is 5.75 Å². The zero-order valence-electron chi connectivity index (χ0n) is 17.8. The van der Waals surface area contributed by atoms with E-state index in [9.17, 15) is 8.78 Å². The second-order valence-electron chi connectivity index (χ2n) is 7.43. The smallest absolute Gasteiger partial charge is 0.272 e. The normalized spacial score (nSPS) is 14.4. The minimum absolute atomic E-state index is 0. The Bertz CT molecular complexity index is 811. The Morgan fingerprint density at radius 2 is 1.65 bits per heavy atom. The minimum Gasteiger partial charge on any atom is -0.488 e. The van der Waals surface area contributed by atoms with Gasteiger partial charge in [-0.2, -0.15) is 0 Å². The second kappa shape index (κ2) is 13.5. The molecule has 31 heavy (non-hydrogen) atoms. The van der Waals surface area contributed by atoms with E-state index in [0.717, 1.165) is 12.1 Å². The molecule has 170 valence electrons. The van der Waals surface area contributed by atoms with E-state index in [1.807, 2.05) is 6.07 Å². The highest BCUT2D eigenvalue weighted by Gasteiger charge is 2.11. The van der Waals surface area contributed by atoms with Crippen molar-refractivity contribution in [3.8, 4) is 5.75 Å². The standard InChI is InChI=1S/C23H30F2N4O.HI/c1-26-23(28-15-20-5-4-6-21(13-20)30-17-22(24)25)27-14-18-7-9-19(10-8-18)16-29-11-2-3-12-29;/h4-10,13,22H,2-3,11-12,14-17H2,1H3,(H2,26,27,28);1H. The van der Waals surface area contributed by atoms with Gasteiger partial charge < -0.3 is 15.4 Å². The third-order valence-electron chi connectivity index (χ3n) is 5.05. The van der Waals surface area contributed by atoms with Crippen LogP contribution in [0.25, 0.3) is 0 Å². The third kappa shape index (κ3) is 8.98. The Hall–Kier alpha value is -1.94. The van der Waals surface area contributed by atoms with Crippen molar-refractivity contribution < 1.29 is 13.5 Å². The van der Waals surface area contributed by atoms with Crippen molar-refractivity contribution in [1.82, 2.24) is 15.5 Å². The molecule has 0 amide bonds. The molecule has 0 bridgehead atoms. The van der Waals surface area contributed by atoms with Crippen LogP contribution >= 0.6 is 24.0 Å². The van der Waals surface area contributed by atoms with Crippen molar-refractivity contribution in [3.05, 3.63) is 65.2 Å². The summed E-state index contributed by atoms with van der Waals surface area (Å²) in [7, 11) is 1.72. The molecule has 0 spiro atoms. The average molecular weight is 544 g/mol. The van der Waals surface area contributed by atoms with Crippen LogP contribution in [0.15, 0.2) is 53.5 Å². The zero-order chi connectivity index (χ0) is 21.2. The number of halogens is 3. The van der Waals surface area contributed by atoms with Crippen LogP contribution in [0.3, 0.4) is 0 Å². The van der Waals surface area contributed by atoms with E-state index in [2.05, 4.69) is 44.8 Å². The number of ether oxygens (including phenoxy) is 1. The lowest BCUT2D eigenvalue weighted by Crippen LogP contribution is -2.36. The molecule has 2 aromatic rings. The van der Waals surface area contributed by atoms with Crippen LogP contribution in [0.1, 0.15) is 29.5 Å². The Balaban J connectivity index is 0.00000341. The molecule has 8 heteroatoms. The van der Waals surface area contributed by atoms with Crippen LogP contribution in [-0.4, -0.2) is 44.0 Å². The molecule has 1 fully saturated rings. The van der Waals surface area contributed by atoms with Gasteiger partial charge in [-0.05, 0) is 54.8 Å². The Morgan fingerprint density at radius 1 is 1.00 bits per heavy atom. The highest BCUT2D eigenvalue weighted by atomic mass is 127. The fourth-order valence-electron chi connectivity index (χ4n) is 3.46. The van der Waals surface area contributed by atoms with Gasteiger partial charge in [0.1, 0.15) is 12.4 Å². The number of rotatable bonds is 9. The van der Waals surface area contributed by atoms with Gasteiger partial charge in [0.15, 0.2) is 5.96 Å². The Labute approximate surface area is 200 Å². The summed E-state index contributed by atoms with van der Waals surface area (Å²) < 4.78 is 29.7. The molecule has 1 heterocycles. The van der Waals surface area contributed by atoms with Gasteiger partial charge in [-0.3, -0.25) is 9.89 Å². The molecule has 0 radical (unpaired) electrons. The van der Waals surface area contributed by atoms with Gasteiger partial charge in [-0.1, -0.05) is 36.4 Å². The number of alkyl halides is 2. The number of aliphatic imine (C=N–C) groups is 1. The SMILES string of the molecule is CN=C(NCc1ccc(CN2CCCC2)cc1)NCc1cccc(OCC(F)F)c1.I. The lowest BCUT2D eigenvalue weighted by molar-refractivity contribution is 0.0818. The lowest BCUT2D eigenvalue weighted by atomic mass is 10.1. The fourth-order valence-corrected chi connectivity index (χ4v) is 3.46. The highest BCUT2D eigenvalue weighted by Crippen LogP contribution is 2.15. The van der Waals surface area contributed by atoms with Crippen molar-refractivity contribution in [3.63, 3.8) is 0 Å². The third-order valence-corrected chi connectivity index (χ3v) is 5.05. The topological polar surface area (TPSA) is 48.9 Å². The van der Waals surface area contributed by atoms with Crippen molar-refractivity contribution in [2.45, 2.75) is 38.9 Å². The lowest BCUT2D eigenvalue weighted by Gasteiger charge is -2.15. The summed E-state index contributed by atoms with van der Waals surface area (Å²) in [5, 5.41) is 6.54. The maximum Gasteiger partial charge on any atom is 0.272 e. The minimum atomic E-state index is -2.48. The largest absolute Gasteiger partial charge is 0.488 e. The molecular weight excluding hydrogens is 513 g/mol. The van der Waals surface area contributed by atoms with E-state index in [0.29, 0.717) is 24.8 Å². The summed E-state index contributed by atoms with van der Waals surface area (Å²) in [6, 6.07) is 15.8. The van der Waals surface area contributed by atoms with Crippen molar-refractivity contribution in [1.29, 1.82) is 0 Å². The maximum atomic E-state index is 12.3. The molecule has 1 saturated heterocycles. The molecular formula is C23H31F2IN4O. The predicted molar refractivity (Wildman–Crippen MR) is 131 cm³/mol. The number of benzene rings is 2. The van der Waals surface area contributed by atoms with Gasteiger partial charge in [0.2, 0.25) is 0 Å². The number of likely N-dealkylation sites (tertiary alicyclic amines) is 1. The summed E-state index contributed by atoms with van der Waals surface area (Å²) in [5.41, 5.74) is 3.46. The van der Waals surface area contributed by atoms with Gasteiger partial charge in [-0.25, -0.2) is 8.78 Å². The molecule has 2 N–H and O–H groups in total. The molecule has 0 aromatic heterocycles. The van der Waals surface area contributed by atoms with Gasteiger partial charge in [0.25, 0.3) is 6.43 Å². The first-order valence-electron chi connectivity index (χ1n) is 10.4. The van der Waals surface area contributed by atoms with E-state index in [4.69, 9.17) is 4.74 Å². The number of hydrogen-bond donors (Lipinski definition) is 2. The monoisotopic (exact) mass is 544 g/mol. The molecule has 1 aliphatic rings. The van der Waals surface area contributed by atoms with Crippen LogP contribution in [-0.2, 0) is 19.6 Å². The van der Waals surface area contributed by atoms with E-state index < -0.39 is 13.0 Å². The average Bonchev–Trinajstić information content (AvgIpc) is 3.27. The van der Waals surface area contributed by atoms with Crippen LogP contribution in [0.4, 0.5) is 8.78 Å². The zero-order valence-corrected chi connectivity index (χ0v) is 20.2. The first-order valence-corrected chi connectivity index (χ1v) is 10.4. The van der Waals surface area contributed by atoms with Crippen molar-refractivity contribution >= 4 is 29.9 Å². The summed E-state index contributed by atoms with van der Waals surface area (Å²) in [6.45, 7) is 4.01. The van der Waals surface area contributed by atoms with E-state index >= 15 is 0 Å². The number of hydrogen-bond acceptors (Lipinski definition) is 3. The van der Waals surface area contributed by atoms with E-state index in [1.165, 1.54) is 37.1 Å². The molecule has 3 rings (SSSR count). The molecule has 1 aliphatic heterocycles. The highest BCUT2D eigenvalue weighted by molar-refractivity contribution is 14.0. The molecule has 2 aromatic carbocycles. The van der Waals surface area contributed by atoms with Gasteiger partial charge in [-0.15, -0.1) is 24.0 Å². The van der Waals surface area contributed by atoms with Crippen LogP contribution < -0.4 is 15.4 Å². The van der Waals surface area contributed by atoms with Gasteiger partial charge >= 0.3 is 0 Å².